The maximum Gasteiger partial charge on any atom is 0.123 e. The summed E-state index contributed by atoms with van der Waals surface area (Å²) in [6.07, 6.45) is 3.84. The second kappa shape index (κ2) is 8.00. The Morgan fingerprint density at radius 1 is 0.654 bits per heavy atom. The van der Waals surface area contributed by atoms with Gasteiger partial charge >= 0.3 is 0 Å². The minimum atomic E-state index is 0.598. The quantitative estimate of drug-likeness (QED) is 0.711. The lowest BCUT2D eigenvalue weighted by Crippen LogP contribution is -2.00. The lowest BCUT2D eigenvalue weighted by molar-refractivity contribution is 0.907. The zero-order valence-corrected chi connectivity index (χ0v) is 15.5. The summed E-state index contributed by atoms with van der Waals surface area (Å²) in [5.41, 5.74) is 18.7. The average molecular weight is 346 g/mol. The number of hydrogen-bond donors (Lipinski definition) is 2. The van der Waals surface area contributed by atoms with Gasteiger partial charge in [-0.05, 0) is 86.1 Å². The molecule has 4 nitrogen and oxygen atoms in total. The minimum Gasteiger partial charge on any atom is -0.384 e. The van der Waals surface area contributed by atoms with E-state index in [1.54, 1.807) is 0 Å². The highest BCUT2D eigenvalue weighted by atomic mass is 14.8. The Labute approximate surface area is 155 Å². The van der Waals surface area contributed by atoms with E-state index in [1.807, 2.05) is 26.0 Å². The van der Waals surface area contributed by atoms with E-state index in [4.69, 9.17) is 11.5 Å². The summed E-state index contributed by atoms with van der Waals surface area (Å²) in [6.45, 7) is 4.03. The molecule has 26 heavy (non-hydrogen) atoms. The van der Waals surface area contributed by atoms with Crippen LogP contribution in [0.5, 0.6) is 0 Å². The van der Waals surface area contributed by atoms with E-state index in [-0.39, 0.29) is 0 Å². The van der Waals surface area contributed by atoms with Crippen molar-refractivity contribution >= 4 is 11.6 Å². The van der Waals surface area contributed by atoms with Crippen LogP contribution in [-0.4, -0.2) is 9.97 Å². The normalized spacial score (nSPS) is 10.8. The average Bonchev–Trinajstić information content (AvgIpc) is 2.57. The Hall–Kier alpha value is -2.88. The van der Waals surface area contributed by atoms with E-state index in [9.17, 15) is 0 Å². The summed E-state index contributed by atoms with van der Waals surface area (Å²) in [7, 11) is 0. The molecule has 0 radical (unpaired) electrons. The Kier molecular flexibility index (Phi) is 5.52. The molecule has 0 bridgehead atoms. The molecule has 0 atom stereocenters. The van der Waals surface area contributed by atoms with Gasteiger partial charge in [0.15, 0.2) is 0 Å². The summed E-state index contributed by atoms with van der Waals surface area (Å²) >= 11 is 0. The first kappa shape index (κ1) is 17.9. The number of aryl methyl sites for hydroxylation is 6. The van der Waals surface area contributed by atoms with Crippen LogP contribution in [0.25, 0.3) is 0 Å². The van der Waals surface area contributed by atoms with Crippen molar-refractivity contribution in [1.82, 2.24) is 9.97 Å². The number of benzene rings is 1. The molecule has 0 aliphatic heterocycles. The van der Waals surface area contributed by atoms with Crippen molar-refractivity contribution in [3.8, 4) is 0 Å². The molecule has 0 amide bonds. The van der Waals surface area contributed by atoms with Crippen molar-refractivity contribution in [3.63, 3.8) is 0 Å². The van der Waals surface area contributed by atoms with E-state index in [0.717, 1.165) is 42.6 Å². The molecule has 2 aromatic heterocycles. The van der Waals surface area contributed by atoms with Gasteiger partial charge in [-0.2, -0.15) is 0 Å². The number of nitrogens with two attached hydrogens (primary N) is 2. The molecular weight excluding hydrogens is 320 g/mol. The summed E-state index contributed by atoms with van der Waals surface area (Å²) in [5.74, 6) is 1.20. The maximum atomic E-state index is 5.83. The van der Waals surface area contributed by atoms with Crippen molar-refractivity contribution in [2.45, 2.75) is 39.5 Å². The predicted octanol–water partition coefficient (Wildman–Crippen LogP) is 3.83. The fourth-order valence-corrected chi connectivity index (χ4v) is 3.24. The summed E-state index contributed by atoms with van der Waals surface area (Å²) in [6, 6.07) is 16.9. The van der Waals surface area contributed by atoms with E-state index in [0.29, 0.717) is 11.6 Å². The summed E-state index contributed by atoms with van der Waals surface area (Å²) in [5, 5.41) is 0. The van der Waals surface area contributed by atoms with Crippen molar-refractivity contribution in [2.75, 3.05) is 11.5 Å². The highest BCUT2D eigenvalue weighted by molar-refractivity contribution is 5.36. The molecule has 0 saturated carbocycles. The summed E-state index contributed by atoms with van der Waals surface area (Å²) < 4.78 is 0. The molecule has 3 rings (SSSR count). The lowest BCUT2D eigenvalue weighted by atomic mass is 10.0. The molecule has 2 heterocycles. The smallest absolute Gasteiger partial charge is 0.123 e. The van der Waals surface area contributed by atoms with Crippen LogP contribution in [0.15, 0.2) is 48.5 Å². The zero-order valence-electron chi connectivity index (χ0n) is 15.5. The first-order valence-corrected chi connectivity index (χ1v) is 9.02. The molecule has 4 N–H and O–H groups in total. The minimum absolute atomic E-state index is 0.598. The van der Waals surface area contributed by atoms with Gasteiger partial charge in [-0.15, -0.1) is 0 Å². The highest BCUT2D eigenvalue weighted by Gasteiger charge is 2.02. The Morgan fingerprint density at radius 2 is 1.23 bits per heavy atom. The fraction of sp³-hybridized carbons (Fsp3) is 0.273. The topological polar surface area (TPSA) is 77.8 Å². The van der Waals surface area contributed by atoms with Crippen molar-refractivity contribution in [2.24, 2.45) is 0 Å². The number of aromatic nitrogens is 2. The number of anilines is 2. The Balaban J connectivity index is 1.56. The Bertz CT molecular complexity index is 770. The van der Waals surface area contributed by atoms with E-state index in [1.165, 1.54) is 16.7 Å². The molecule has 0 saturated heterocycles. The third kappa shape index (κ3) is 5.06. The van der Waals surface area contributed by atoms with E-state index >= 15 is 0 Å². The lowest BCUT2D eigenvalue weighted by Gasteiger charge is -2.07. The zero-order chi connectivity index (χ0) is 18.5. The molecular formula is C22H26N4. The van der Waals surface area contributed by atoms with Crippen molar-refractivity contribution < 1.29 is 0 Å². The van der Waals surface area contributed by atoms with E-state index < -0.39 is 0 Å². The van der Waals surface area contributed by atoms with Crippen LogP contribution < -0.4 is 11.5 Å². The van der Waals surface area contributed by atoms with Gasteiger partial charge in [0.1, 0.15) is 11.6 Å². The highest BCUT2D eigenvalue weighted by Crippen LogP contribution is 2.14. The van der Waals surface area contributed by atoms with Crippen molar-refractivity contribution in [1.29, 1.82) is 0 Å². The molecule has 0 spiro atoms. The predicted molar refractivity (Wildman–Crippen MR) is 108 cm³/mol. The van der Waals surface area contributed by atoms with Gasteiger partial charge in [0.2, 0.25) is 0 Å². The monoisotopic (exact) mass is 346 g/mol. The van der Waals surface area contributed by atoms with E-state index in [2.05, 4.69) is 46.4 Å². The van der Waals surface area contributed by atoms with Crippen LogP contribution in [0.3, 0.4) is 0 Å². The maximum absolute atomic E-state index is 5.83. The molecule has 134 valence electrons. The second-order valence-corrected chi connectivity index (χ2v) is 6.92. The summed E-state index contributed by atoms with van der Waals surface area (Å²) in [4.78, 5) is 8.63. The third-order valence-corrected chi connectivity index (χ3v) is 4.47. The molecule has 0 aliphatic carbocycles. The first-order valence-electron chi connectivity index (χ1n) is 9.02. The van der Waals surface area contributed by atoms with Gasteiger partial charge in [0, 0.05) is 11.4 Å². The Morgan fingerprint density at radius 3 is 1.85 bits per heavy atom. The van der Waals surface area contributed by atoms with Gasteiger partial charge in [-0.3, -0.25) is 0 Å². The van der Waals surface area contributed by atoms with Crippen molar-refractivity contribution in [3.05, 3.63) is 82.2 Å². The molecule has 4 heteroatoms. The largest absolute Gasteiger partial charge is 0.384 e. The van der Waals surface area contributed by atoms with Crippen LogP contribution in [0, 0.1) is 13.8 Å². The van der Waals surface area contributed by atoms with Crippen LogP contribution >= 0.6 is 0 Å². The second-order valence-electron chi connectivity index (χ2n) is 6.92. The number of hydrogen-bond acceptors (Lipinski definition) is 4. The van der Waals surface area contributed by atoms with Gasteiger partial charge < -0.3 is 11.5 Å². The third-order valence-electron chi connectivity index (χ3n) is 4.47. The molecule has 1 aromatic carbocycles. The number of rotatable bonds is 6. The standard InChI is InChI=1S/C22H26N4/c1-15-11-20(26-21(23)12-15)10-9-18-5-3-17(4-6-18)7-8-19-13-16(2)25-22(24)14-19/h3-6,11-14H,7-10H2,1-2H3,(H2,23,26)(H2,24,25). The van der Waals surface area contributed by atoms with Gasteiger partial charge in [0.25, 0.3) is 0 Å². The molecule has 3 aromatic rings. The molecule has 0 aliphatic rings. The van der Waals surface area contributed by atoms with Crippen LogP contribution in [0.1, 0.15) is 33.6 Å². The van der Waals surface area contributed by atoms with Gasteiger partial charge in [-0.1, -0.05) is 24.3 Å². The fourth-order valence-electron chi connectivity index (χ4n) is 3.24. The first-order chi connectivity index (χ1) is 12.5. The molecule has 0 fully saturated rings. The number of pyridine rings is 2. The van der Waals surface area contributed by atoms with Gasteiger partial charge in [-0.25, -0.2) is 9.97 Å². The van der Waals surface area contributed by atoms with Crippen LogP contribution in [0.4, 0.5) is 11.6 Å². The van der Waals surface area contributed by atoms with Crippen LogP contribution in [-0.2, 0) is 25.7 Å². The SMILES string of the molecule is Cc1cc(N)nc(CCc2ccc(CCc3cc(C)nc(N)c3)cc2)c1. The number of nitrogen functional groups attached to an aromatic ring is 2. The number of nitrogens with zero attached hydrogens (tertiary/aromatic N) is 2. The molecule has 0 unspecified atom stereocenters. The van der Waals surface area contributed by atoms with Crippen LogP contribution in [0.2, 0.25) is 0 Å². The van der Waals surface area contributed by atoms with Gasteiger partial charge in [0.05, 0.1) is 0 Å².